The predicted octanol–water partition coefficient (Wildman–Crippen LogP) is 2.09. The Kier molecular flexibility index (Phi) is 5.09. The minimum absolute atomic E-state index is 0.0295. The topological polar surface area (TPSA) is 77.2 Å². The highest BCUT2D eigenvalue weighted by molar-refractivity contribution is 6.33. The van der Waals surface area contributed by atoms with Crippen LogP contribution >= 0.6 is 11.6 Å². The quantitative estimate of drug-likeness (QED) is 0.883. The zero-order valence-corrected chi connectivity index (χ0v) is 11.7. The van der Waals surface area contributed by atoms with E-state index in [9.17, 15) is 4.79 Å². The van der Waals surface area contributed by atoms with E-state index in [1.807, 2.05) is 0 Å². The second-order valence-electron chi connectivity index (χ2n) is 4.05. The van der Waals surface area contributed by atoms with E-state index in [0.29, 0.717) is 35.5 Å². The Bertz CT molecular complexity index is 586. The lowest BCUT2D eigenvalue weighted by Gasteiger charge is -2.04. The molecule has 1 N–H and O–H groups in total. The normalized spacial score (nSPS) is 10.5. The molecule has 1 amide bonds. The maximum atomic E-state index is 11.8. The average Bonchev–Trinajstić information content (AvgIpc) is 2.86. The van der Waals surface area contributed by atoms with Crippen LogP contribution in [0.15, 0.2) is 28.8 Å². The number of nitrogens with one attached hydrogen (secondary N) is 1. The van der Waals surface area contributed by atoms with Gasteiger partial charge in [-0.25, -0.2) is 0 Å². The van der Waals surface area contributed by atoms with Crippen LogP contribution in [0.2, 0.25) is 5.02 Å². The van der Waals surface area contributed by atoms with Crippen LogP contribution in [-0.4, -0.2) is 29.8 Å². The molecule has 0 bridgehead atoms. The second-order valence-corrected chi connectivity index (χ2v) is 4.46. The summed E-state index contributed by atoms with van der Waals surface area (Å²) in [5, 5.41) is 6.91. The van der Waals surface area contributed by atoms with Crippen LogP contribution in [0, 0.1) is 0 Å². The van der Waals surface area contributed by atoms with Gasteiger partial charge in [-0.05, 0) is 12.1 Å². The van der Waals surface area contributed by atoms with Gasteiger partial charge in [-0.1, -0.05) is 28.9 Å². The first kappa shape index (κ1) is 14.5. The molecule has 0 spiro atoms. The molecule has 0 saturated carbocycles. The lowest BCUT2D eigenvalue weighted by Crippen LogP contribution is -2.15. The van der Waals surface area contributed by atoms with E-state index < -0.39 is 0 Å². The number of carbonyl (C=O) groups is 1. The first-order valence-corrected chi connectivity index (χ1v) is 6.41. The largest absolute Gasteiger partial charge is 0.384 e. The van der Waals surface area contributed by atoms with Gasteiger partial charge in [0.2, 0.25) is 11.8 Å². The minimum Gasteiger partial charge on any atom is -0.384 e. The molecule has 2 aromatic rings. The van der Waals surface area contributed by atoms with E-state index in [-0.39, 0.29) is 12.3 Å². The average molecular weight is 296 g/mol. The van der Waals surface area contributed by atoms with Crippen molar-refractivity contribution >= 4 is 23.2 Å². The van der Waals surface area contributed by atoms with Crippen molar-refractivity contribution in [2.45, 2.75) is 12.8 Å². The van der Waals surface area contributed by atoms with Crippen LogP contribution in [-0.2, 0) is 22.4 Å². The Balaban J connectivity index is 1.91. The molecule has 20 heavy (non-hydrogen) atoms. The molecule has 0 aliphatic heterocycles. The number of para-hydroxylation sites is 1. The number of methoxy groups -OCH3 is 1. The molecule has 6 nitrogen and oxygen atoms in total. The molecule has 0 unspecified atom stereocenters. The zero-order valence-electron chi connectivity index (χ0n) is 10.9. The Morgan fingerprint density at radius 1 is 1.45 bits per heavy atom. The number of carbonyl (C=O) groups excluding carboxylic acids is 1. The van der Waals surface area contributed by atoms with Crippen molar-refractivity contribution < 1.29 is 14.1 Å². The van der Waals surface area contributed by atoms with Gasteiger partial charge in [0.1, 0.15) is 0 Å². The number of hydrogen-bond donors (Lipinski definition) is 1. The van der Waals surface area contributed by atoms with Gasteiger partial charge < -0.3 is 14.6 Å². The van der Waals surface area contributed by atoms with Crippen molar-refractivity contribution in [3.8, 4) is 0 Å². The Morgan fingerprint density at radius 2 is 2.25 bits per heavy atom. The van der Waals surface area contributed by atoms with Gasteiger partial charge in [0.15, 0.2) is 5.82 Å². The third-order valence-corrected chi connectivity index (χ3v) is 2.83. The zero-order chi connectivity index (χ0) is 14.4. The SMILES string of the molecule is COCCc1nc(CC(=O)Nc2ccccc2Cl)no1. The van der Waals surface area contributed by atoms with Crippen molar-refractivity contribution in [3.63, 3.8) is 0 Å². The fourth-order valence-corrected chi connectivity index (χ4v) is 1.74. The van der Waals surface area contributed by atoms with E-state index >= 15 is 0 Å². The monoisotopic (exact) mass is 295 g/mol. The van der Waals surface area contributed by atoms with E-state index in [2.05, 4.69) is 15.5 Å². The van der Waals surface area contributed by atoms with Crippen LogP contribution in [0.3, 0.4) is 0 Å². The van der Waals surface area contributed by atoms with Crippen molar-refractivity contribution in [3.05, 3.63) is 41.0 Å². The van der Waals surface area contributed by atoms with Gasteiger partial charge >= 0.3 is 0 Å². The number of rotatable bonds is 6. The minimum atomic E-state index is -0.253. The van der Waals surface area contributed by atoms with Gasteiger partial charge in [0.05, 0.1) is 30.2 Å². The van der Waals surface area contributed by atoms with Crippen LogP contribution in [0.25, 0.3) is 0 Å². The summed E-state index contributed by atoms with van der Waals surface area (Å²) < 4.78 is 9.90. The molecule has 0 fully saturated rings. The number of aromatic nitrogens is 2. The van der Waals surface area contributed by atoms with E-state index in [1.165, 1.54) is 0 Å². The van der Waals surface area contributed by atoms with Crippen molar-refractivity contribution in [2.75, 3.05) is 19.0 Å². The standard InChI is InChI=1S/C13H14ClN3O3/c1-19-7-6-13-16-11(17-20-13)8-12(18)15-10-5-3-2-4-9(10)14/h2-5H,6-8H2,1H3,(H,15,18). The summed E-state index contributed by atoms with van der Waals surface area (Å²) in [5.74, 6) is 0.533. The first-order chi connectivity index (χ1) is 9.69. The third kappa shape index (κ3) is 4.04. The molecule has 106 valence electrons. The van der Waals surface area contributed by atoms with Crippen LogP contribution < -0.4 is 5.32 Å². The van der Waals surface area contributed by atoms with Crippen molar-refractivity contribution in [1.82, 2.24) is 10.1 Å². The lowest BCUT2D eigenvalue weighted by atomic mass is 10.3. The van der Waals surface area contributed by atoms with Crippen molar-refractivity contribution in [2.24, 2.45) is 0 Å². The highest BCUT2D eigenvalue weighted by atomic mass is 35.5. The Hall–Kier alpha value is -1.92. The predicted molar refractivity (Wildman–Crippen MR) is 73.7 cm³/mol. The fraction of sp³-hybridized carbons (Fsp3) is 0.308. The van der Waals surface area contributed by atoms with Crippen molar-refractivity contribution in [1.29, 1.82) is 0 Å². The molecule has 0 radical (unpaired) electrons. The fourth-order valence-electron chi connectivity index (χ4n) is 1.55. The maximum absolute atomic E-state index is 11.8. The number of anilines is 1. The van der Waals surface area contributed by atoms with Crippen LogP contribution in [0.1, 0.15) is 11.7 Å². The molecule has 1 heterocycles. The Morgan fingerprint density at radius 3 is 3.00 bits per heavy atom. The van der Waals surface area contributed by atoms with Gasteiger partial charge in [0.25, 0.3) is 0 Å². The molecule has 1 aromatic carbocycles. The van der Waals surface area contributed by atoms with Crippen LogP contribution in [0.4, 0.5) is 5.69 Å². The summed E-state index contributed by atoms with van der Waals surface area (Å²) in [5.41, 5.74) is 0.558. The molecule has 7 heteroatoms. The number of nitrogens with zero attached hydrogens (tertiary/aromatic N) is 2. The number of hydrogen-bond acceptors (Lipinski definition) is 5. The second kappa shape index (κ2) is 7.02. The van der Waals surface area contributed by atoms with E-state index in [0.717, 1.165) is 0 Å². The lowest BCUT2D eigenvalue weighted by molar-refractivity contribution is -0.115. The highest BCUT2D eigenvalue weighted by Crippen LogP contribution is 2.20. The summed E-state index contributed by atoms with van der Waals surface area (Å²) in [6, 6.07) is 7.01. The molecule has 0 aliphatic carbocycles. The molecule has 0 aliphatic rings. The number of benzene rings is 1. The van der Waals surface area contributed by atoms with Gasteiger partial charge in [-0.15, -0.1) is 0 Å². The van der Waals surface area contributed by atoms with E-state index in [4.69, 9.17) is 20.9 Å². The molecular weight excluding hydrogens is 282 g/mol. The molecule has 2 rings (SSSR count). The third-order valence-electron chi connectivity index (χ3n) is 2.50. The van der Waals surface area contributed by atoms with Gasteiger partial charge in [0, 0.05) is 7.11 Å². The summed E-state index contributed by atoms with van der Waals surface area (Å²) in [4.78, 5) is 15.9. The maximum Gasteiger partial charge on any atom is 0.232 e. The first-order valence-electron chi connectivity index (χ1n) is 6.04. The van der Waals surface area contributed by atoms with Gasteiger partial charge in [-0.3, -0.25) is 4.79 Å². The molecule has 1 aromatic heterocycles. The highest BCUT2D eigenvalue weighted by Gasteiger charge is 2.12. The van der Waals surface area contributed by atoms with Crippen LogP contribution in [0.5, 0.6) is 0 Å². The van der Waals surface area contributed by atoms with Gasteiger partial charge in [-0.2, -0.15) is 4.98 Å². The molecule has 0 atom stereocenters. The van der Waals surface area contributed by atoms with E-state index in [1.54, 1.807) is 31.4 Å². The smallest absolute Gasteiger partial charge is 0.232 e. The summed E-state index contributed by atoms with van der Waals surface area (Å²) in [6.45, 7) is 0.494. The number of ether oxygens (including phenoxy) is 1. The Labute approximate surface area is 121 Å². The molecular formula is C13H14ClN3O3. The summed E-state index contributed by atoms with van der Waals surface area (Å²) in [6.07, 6.45) is 0.553. The summed E-state index contributed by atoms with van der Waals surface area (Å²) >= 11 is 5.95. The summed E-state index contributed by atoms with van der Waals surface area (Å²) in [7, 11) is 1.59. The molecule has 0 saturated heterocycles. The number of halogens is 1. The number of amides is 1.